The van der Waals surface area contributed by atoms with E-state index in [1.165, 1.54) is 16.2 Å². The van der Waals surface area contributed by atoms with Gasteiger partial charge in [0.1, 0.15) is 0 Å². The molecule has 3 N–H and O–H groups in total. The number of amides is 2. The van der Waals surface area contributed by atoms with Gasteiger partial charge in [0, 0.05) is 11.9 Å². The Bertz CT molecular complexity index is 409. The normalized spacial score (nSPS) is 24.1. The van der Waals surface area contributed by atoms with E-state index < -0.39 is 6.10 Å². The monoisotopic (exact) mass is 257 g/mol. The van der Waals surface area contributed by atoms with Crippen molar-refractivity contribution in [2.45, 2.75) is 25.5 Å². The molecule has 0 bridgehead atoms. The van der Waals surface area contributed by atoms with Gasteiger partial charge >= 0.3 is 6.03 Å². The third-order valence-corrected chi connectivity index (χ3v) is 3.57. The fraction of sp³-hybridized carbons (Fsp3) is 0.600. The fourth-order valence-corrected chi connectivity index (χ4v) is 2.57. The van der Waals surface area contributed by atoms with Gasteiger partial charge in [0.05, 0.1) is 24.4 Å². The second kappa shape index (κ2) is 4.99. The zero-order chi connectivity index (χ0) is 12.4. The van der Waals surface area contributed by atoms with Crippen molar-refractivity contribution < 1.29 is 15.0 Å². The van der Waals surface area contributed by atoms with Crippen molar-refractivity contribution in [3.63, 3.8) is 0 Å². The Kier molecular flexibility index (Phi) is 3.60. The number of carbonyl (C=O) groups excluding carboxylic acids is 1. The van der Waals surface area contributed by atoms with Crippen molar-refractivity contribution in [1.82, 2.24) is 9.88 Å². The Morgan fingerprint density at radius 2 is 2.53 bits per heavy atom. The Morgan fingerprint density at radius 1 is 1.76 bits per heavy atom. The van der Waals surface area contributed by atoms with E-state index in [1.54, 1.807) is 0 Å². The highest BCUT2D eigenvalue weighted by Crippen LogP contribution is 2.20. The van der Waals surface area contributed by atoms with Gasteiger partial charge in [0.2, 0.25) is 0 Å². The minimum atomic E-state index is -0.559. The summed E-state index contributed by atoms with van der Waals surface area (Å²) in [5, 5.41) is 23.6. The molecule has 0 radical (unpaired) electrons. The van der Waals surface area contributed by atoms with E-state index in [1.807, 2.05) is 12.3 Å². The Hall–Kier alpha value is -1.18. The van der Waals surface area contributed by atoms with Gasteiger partial charge in [-0.15, -0.1) is 11.3 Å². The number of rotatable bonds is 2. The number of nitrogens with zero attached hydrogens (tertiary/aromatic N) is 2. The van der Waals surface area contributed by atoms with Crippen LogP contribution in [0.2, 0.25) is 0 Å². The average molecular weight is 257 g/mol. The highest BCUT2D eigenvalue weighted by molar-refractivity contribution is 7.13. The molecule has 6 nitrogen and oxygen atoms in total. The molecule has 17 heavy (non-hydrogen) atoms. The molecule has 1 aliphatic rings. The quantitative estimate of drug-likeness (QED) is 0.716. The molecular weight excluding hydrogens is 242 g/mol. The predicted octanol–water partition coefficient (Wildman–Crippen LogP) is 0.411. The zero-order valence-electron chi connectivity index (χ0n) is 9.46. The number of aryl methyl sites for hydroxylation is 1. The Labute approximate surface area is 103 Å². The zero-order valence-corrected chi connectivity index (χ0v) is 10.3. The lowest BCUT2D eigenvalue weighted by Gasteiger charge is -2.22. The van der Waals surface area contributed by atoms with E-state index >= 15 is 0 Å². The number of aliphatic hydroxyl groups is 2. The van der Waals surface area contributed by atoms with Crippen LogP contribution < -0.4 is 5.32 Å². The van der Waals surface area contributed by atoms with Gasteiger partial charge in [-0.25, -0.2) is 9.78 Å². The van der Waals surface area contributed by atoms with Crippen molar-refractivity contribution in [3.8, 4) is 0 Å². The number of β-amino-alcohol motifs (C(OH)–C–C–N with tert-alkyl or cyclic N) is 1. The first-order valence-corrected chi connectivity index (χ1v) is 6.26. The highest BCUT2D eigenvalue weighted by atomic mass is 32.1. The summed E-state index contributed by atoms with van der Waals surface area (Å²) in [5.74, 6) is 0. The summed E-state index contributed by atoms with van der Waals surface area (Å²) in [6, 6.07) is -0.638. The summed E-state index contributed by atoms with van der Waals surface area (Å²) in [6.45, 7) is 1.96. The summed E-state index contributed by atoms with van der Waals surface area (Å²) in [6.07, 6.45) is -0.142. The number of thiazole rings is 1. The second-order valence-electron chi connectivity index (χ2n) is 4.10. The van der Waals surface area contributed by atoms with Crippen LogP contribution in [0.1, 0.15) is 12.1 Å². The van der Waals surface area contributed by atoms with Crippen LogP contribution >= 0.6 is 11.3 Å². The number of likely N-dealkylation sites (tertiary alicyclic amines) is 1. The first-order chi connectivity index (χ1) is 8.10. The lowest BCUT2D eigenvalue weighted by molar-refractivity contribution is 0.164. The molecule has 0 spiro atoms. The molecule has 2 amide bonds. The van der Waals surface area contributed by atoms with Gasteiger partial charge in [0.25, 0.3) is 0 Å². The maximum atomic E-state index is 11.9. The Morgan fingerprint density at radius 3 is 3.12 bits per heavy atom. The van der Waals surface area contributed by atoms with Gasteiger partial charge in [-0.2, -0.15) is 0 Å². The molecule has 7 heteroatoms. The van der Waals surface area contributed by atoms with Crippen LogP contribution in [0.15, 0.2) is 5.38 Å². The standard InChI is InChI=1S/C10H15N3O3S/c1-6-5-17-9(11-6)12-10(16)13-3-8(15)2-7(13)4-14/h5,7-8,14-15H,2-4H2,1H3,(H,11,12,16)/t7-,8+/m0/s1. The SMILES string of the molecule is Cc1csc(NC(=O)N2C[C@H](O)C[C@H]2CO)n1. The summed E-state index contributed by atoms with van der Waals surface area (Å²) < 4.78 is 0. The maximum absolute atomic E-state index is 11.9. The topological polar surface area (TPSA) is 85.7 Å². The van der Waals surface area contributed by atoms with Crippen LogP contribution in [0, 0.1) is 6.92 Å². The van der Waals surface area contributed by atoms with E-state index in [0.717, 1.165) is 5.69 Å². The van der Waals surface area contributed by atoms with E-state index in [4.69, 9.17) is 5.11 Å². The molecule has 2 heterocycles. The third-order valence-electron chi connectivity index (χ3n) is 2.70. The molecule has 2 rings (SSSR count). The molecular formula is C10H15N3O3S. The van der Waals surface area contributed by atoms with Crippen LogP contribution in [-0.2, 0) is 0 Å². The van der Waals surface area contributed by atoms with E-state index in [9.17, 15) is 9.90 Å². The molecule has 1 fully saturated rings. The van der Waals surface area contributed by atoms with Crippen molar-refractivity contribution >= 4 is 22.5 Å². The van der Waals surface area contributed by atoms with Gasteiger partial charge in [-0.1, -0.05) is 0 Å². The largest absolute Gasteiger partial charge is 0.394 e. The van der Waals surface area contributed by atoms with Gasteiger partial charge < -0.3 is 15.1 Å². The van der Waals surface area contributed by atoms with Crippen LogP contribution in [-0.4, -0.2) is 51.4 Å². The van der Waals surface area contributed by atoms with Crippen LogP contribution in [0.4, 0.5) is 9.93 Å². The average Bonchev–Trinajstić information content (AvgIpc) is 2.84. The summed E-state index contributed by atoms with van der Waals surface area (Å²) >= 11 is 1.35. The van der Waals surface area contributed by atoms with Crippen molar-refractivity contribution in [2.24, 2.45) is 0 Å². The maximum Gasteiger partial charge on any atom is 0.324 e. The number of aromatic nitrogens is 1. The van der Waals surface area contributed by atoms with E-state index in [-0.39, 0.29) is 25.2 Å². The van der Waals surface area contributed by atoms with Crippen LogP contribution in [0.5, 0.6) is 0 Å². The molecule has 94 valence electrons. The number of urea groups is 1. The molecule has 2 atom stereocenters. The number of aliphatic hydroxyl groups excluding tert-OH is 2. The first-order valence-electron chi connectivity index (χ1n) is 5.39. The van der Waals surface area contributed by atoms with Gasteiger partial charge in [-0.05, 0) is 13.3 Å². The summed E-state index contributed by atoms with van der Waals surface area (Å²) in [4.78, 5) is 17.5. The number of nitrogens with one attached hydrogen (secondary N) is 1. The molecule has 0 aliphatic carbocycles. The second-order valence-corrected chi connectivity index (χ2v) is 4.96. The van der Waals surface area contributed by atoms with Gasteiger partial charge in [-0.3, -0.25) is 5.32 Å². The van der Waals surface area contributed by atoms with E-state index in [0.29, 0.717) is 11.6 Å². The smallest absolute Gasteiger partial charge is 0.324 e. The number of hydrogen-bond donors (Lipinski definition) is 3. The molecule has 1 aliphatic heterocycles. The van der Waals surface area contributed by atoms with Gasteiger partial charge in [0.15, 0.2) is 5.13 Å². The predicted molar refractivity (Wildman–Crippen MR) is 64.1 cm³/mol. The molecule has 0 unspecified atom stereocenters. The minimum absolute atomic E-state index is 0.138. The molecule has 1 aromatic heterocycles. The van der Waals surface area contributed by atoms with Crippen molar-refractivity contribution in [3.05, 3.63) is 11.1 Å². The fourth-order valence-electron chi connectivity index (χ4n) is 1.89. The molecule has 1 saturated heterocycles. The third kappa shape index (κ3) is 2.74. The lowest BCUT2D eigenvalue weighted by Crippen LogP contribution is -2.40. The molecule has 0 saturated carbocycles. The minimum Gasteiger partial charge on any atom is -0.394 e. The molecule has 0 aromatic carbocycles. The number of anilines is 1. The van der Waals surface area contributed by atoms with Crippen LogP contribution in [0.3, 0.4) is 0 Å². The highest BCUT2D eigenvalue weighted by Gasteiger charge is 2.34. The van der Waals surface area contributed by atoms with Crippen molar-refractivity contribution in [2.75, 3.05) is 18.5 Å². The summed E-state index contributed by atoms with van der Waals surface area (Å²) in [5.41, 5.74) is 0.852. The van der Waals surface area contributed by atoms with Crippen LogP contribution in [0.25, 0.3) is 0 Å². The lowest BCUT2D eigenvalue weighted by atomic mass is 10.2. The van der Waals surface area contributed by atoms with E-state index in [2.05, 4.69) is 10.3 Å². The first kappa shape index (κ1) is 12.3. The molecule has 1 aromatic rings. The number of carbonyl (C=O) groups is 1. The number of hydrogen-bond acceptors (Lipinski definition) is 5. The Balaban J connectivity index is 2.00. The van der Waals surface area contributed by atoms with Crippen molar-refractivity contribution in [1.29, 1.82) is 0 Å². The summed E-state index contributed by atoms with van der Waals surface area (Å²) in [7, 11) is 0.